The highest BCUT2D eigenvalue weighted by Crippen LogP contribution is 2.37. The predicted molar refractivity (Wildman–Crippen MR) is 82.8 cm³/mol. The molecule has 0 saturated heterocycles. The van der Waals surface area contributed by atoms with E-state index in [2.05, 4.69) is 4.98 Å². The van der Waals surface area contributed by atoms with Crippen LogP contribution >= 0.6 is 11.8 Å². The van der Waals surface area contributed by atoms with E-state index in [1.807, 2.05) is 24.3 Å². The van der Waals surface area contributed by atoms with Crippen LogP contribution < -0.4 is 11.5 Å². The molecule has 5 nitrogen and oxygen atoms in total. The molecule has 0 spiro atoms. The van der Waals surface area contributed by atoms with E-state index in [4.69, 9.17) is 15.9 Å². The van der Waals surface area contributed by atoms with Gasteiger partial charge in [0.1, 0.15) is 5.52 Å². The summed E-state index contributed by atoms with van der Waals surface area (Å²) in [5, 5.41) is 0.663. The monoisotopic (exact) mass is 305 g/mol. The Kier molecular flexibility index (Phi) is 3.91. The van der Waals surface area contributed by atoms with Crippen molar-refractivity contribution < 1.29 is 9.21 Å². The number of para-hydroxylation sites is 2. The first-order valence-corrected chi connectivity index (χ1v) is 8.15. The molecule has 1 saturated carbocycles. The third kappa shape index (κ3) is 2.78. The maximum Gasteiger partial charge on any atom is 0.256 e. The highest BCUT2D eigenvalue weighted by atomic mass is 32.2. The molecule has 1 amide bonds. The Labute approximate surface area is 127 Å². The zero-order valence-corrected chi connectivity index (χ0v) is 12.6. The Hall–Kier alpha value is -1.53. The SMILES string of the molecule is NC(=O)C1(N)CCCC1CCSc1nc2ccccc2o1. The van der Waals surface area contributed by atoms with Gasteiger partial charge in [-0.3, -0.25) is 4.79 Å². The standard InChI is InChI=1S/C15H19N3O2S/c16-13(19)15(17)8-3-4-10(15)7-9-21-14-18-11-5-1-2-6-12(11)20-14/h1-2,5-6,10H,3-4,7-9,17H2,(H2,16,19). The highest BCUT2D eigenvalue weighted by Gasteiger charge is 2.43. The minimum atomic E-state index is -0.831. The number of carbonyl (C=O) groups is 1. The van der Waals surface area contributed by atoms with Crippen molar-refractivity contribution in [2.45, 2.75) is 36.4 Å². The van der Waals surface area contributed by atoms with Gasteiger partial charge in [0, 0.05) is 5.75 Å². The summed E-state index contributed by atoms with van der Waals surface area (Å²) < 4.78 is 5.66. The number of thioether (sulfide) groups is 1. The lowest BCUT2D eigenvalue weighted by molar-refractivity contribution is -0.124. The quantitative estimate of drug-likeness (QED) is 0.826. The fourth-order valence-corrected chi connectivity index (χ4v) is 3.92. The Morgan fingerprint density at radius 3 is 3.05 bits per heavy atom. The van der Waals surface area contributed by atoms with Gasteiger partial charge >= 0.3 is 0 Å². The molecule has 0 aliphatic heterocycles. The van der Waals surface area contributed by atoms with Gasteiger partial charge in [-0.15, -0.1) is 0 Å². The van der Waals surface area contributed by atoms with Gasteiger partial charge in [-0.2, -0.15) is 0 Å². The number of primary amides is 1. The minimum absolute atomic E-state index is 0.159. The van der Waals surface area contributed by atoms with Crippen molar-refractivity contribution in [2.24, 2.45) is 17.4 Å². The summed E-state index contributed by atoms with van der Waals surface area (Å²) in [6.45, 7) is 0. The summed E-state index contributed by atoms with van der Waals surface area (Å²) in [4.78, 5) is 16.0. The topological polar surface area (TPSA) is 95.1 Å². The molecular formula is C15H19N3O2S. The molecule has 1 heterocycles. The predicted octanol–water partition coefficient (Wildman–Crippen LogP) is 2.29. The van der Waals surface area contributed by atoms with Crippen LogP contribution in [0, 0.1) is 5.92 Å². The summed E-state index contributed by atoms with van der Waals surface area (Å²) in [5.41, 5.74) is 12.5. The number of benzene rings is 1. The summed E-state index contributed by atoms with van der Waals surface area (Å²) in [6, 6.07) is 7.70. The average Bonchev–Trinajstić information content (AvgIpc) is 3.03. The van der Waals surface area contributed by atoms with E-state index in [1.165, 1.54) is 0 Å². The van der Waals surface area contributed by atoms with Crippen LogP contribution in [-0.4, -0.2) is 22.2 Å². The van der Waals surface area contributed by atoms with Gasteiger partial charge in [0.05, 0.1) is 5.54 Å². The molecule has 3 rings (SSSR count). The van der Waals surface area contributed by atoms with Crippen LogP contribution in [0.25, 0.3) is 11.1 Å². The maximum atomic E-state index is 11.5. The molecule has 4 N–H and O–H groups in total. The first kappa shape index (κ1) is 14.4. The number of aromatic nitrogens is 1. The van der Waals surface area contributed by atoms with Crippen LogP contribution in [0.4, 0.5) is 0 Å². The fourth-order valence-electron chi connectivity index (χ4n) is 3.03. The van der Waals surface area contributed by atoms with Gasteiger partial charge in [0.25, 0.3) is 5.22 Å². The zero-order valence-electron chi connectivity index (χ0n) is 11.7. The van der Waals surface area contributed by atoms with Crippen LogP contribution in [0.1, 0.15) is 25.7 Å². The van der Waals surface area contributed by atoms with Crippen LogP contribution in [-0.2, 0) is 4.79 Å². The van der Waals surface area contributed by atoms with E-state index in [0.29, 0.717) is 11.6 Å². The van der Waals surface area contributed by atoms with E-state index in [1.54, 1.807) is 11.8 Å². The van der Waals surface area contributed by atoms with Gasteiger partial charge in [-0.1, -0.05) is 30.3 Å². The van der Waals surface area contributed by atoms with E-state index in [0.717, 1.165) is 36.1 Å². The molecule has 112 valence electrons. The van der Waals surface area contributed by atoms with Crippen molar-refractivity contribution >= 4 is 28.8 Å². The molecule has 1 aliphatic carbocycles. The van der Waals surface area contributed by atoms with Gasteiger partial charge in [-0.05, 0) is 37.3 Å². The van der Waals surface area contributed by atoms with E-state index >= 15 is 0 Å². The van der Waals surface area contributed by atoms with Gasteiger partial charge in [0.2, 0.25) is 5.91 Å². The number of fused-ring (bicyclic) bond motifs is 1. The number of hydrogen-bond acceptors (Lipinski definition) is 5. The van der Waals surface area contributed by atoms with Crippen LogP contribution in [0.3, 0.4) is 0 Å². The zero-order chi connectivity index (χ0) is 14.9. The van der Waals surface area contributed by atoms with Crippen LogP contribution in [0.15, 0.2) is 33.9 Å². The summed E-state index contributed by atoms with van der Waals surface area (Å²) in [5.74, 6) is 0.604. The number of carbonyl (C=O) groups excluding carboxylic acids is 1. The Balaban J connectivity index is 1.59. The molecule has 0 bridgehead atoms. The normalized spacial score (nSPS) is 25.5. The first-order valence-electron chi connectivity index (χ1n) is 7.17. The van der Waals surface area contributed by atoms with Gasteiger partial charge < -0.3 is 15.9 Å². The van der Waals surface area contributed by atoms with Crippen LogP contribution in [0.2, 0.25) is 0 Å². The Morgan fingerprint density at radius 2 is 2.29 bits per heavy atom. The molecule has 6 heteroatoms. The lowest BCUT2D eigenvalue weighted by Gasteiger charge is -2.27. The summed E-state index contributed by atoms with van der Waals surface area (Å²) in [6.07, 6.45) is 3.48. The van der Waals surface area contributed by atoms with Crippen molar-refractivity contribution in [2.75, 3.05) is 5.75 Å². The molecule has 2 unspecified atom stereocenters. The fraction of sp³-hybridized carbons (Fsp3) is 0.467. The average molecular weight is 305 g/mol. The Bertz CT molecular complexity index is 624. The number of nitrogens with two attached hydrogens (primary N) is 2. The third-order valence-electron chi connectivity index (χ3n) is 4.30. The first-order chi connectivity index (χ1) is 10.1. The lowest BCUT2D eigenvalue weighted by atomic mass is 9.85. The van der Waals surface area contributed by atoms with Crippen LogP contribution in [0.5, 0.6) is 0 Å². The smallest absolute Gasteiger partial charge is 0.256 e. The maximum absolute atomic E-state index is 11.5. The number of oxazole rings is 1. The van der Waals surface area contributed by atoms with Crippen molar-refractivity contribution in [1.29, 1.82) is 0 Å². The van der Waals surface area contributed by atoms with Gasteiger partial charge in [-0.25, -0.2) is 4.98 Å². The molecule has 1 fully saturated rings. The van der Waals surface area contributed by atoms with Crippen molar-refractivity contribution in [1.82, 2.24) is 4.98 Å². The number of rotatable bonds is 5. The number of amides is 1. The molecule has 1 aromatic carbocycles. The summed E-state index contributed by atoms with van der Waals surface area (Å²) in [7, 11) is 0. The highest BCUT2D eigenvalue weighted by molar-refractivity contribution is 7.99. The molecule has 2 aromatic rings. The third-order valence-corrected chi connectivity index (χ3v) is 5.16. The van der Waals surface area contributed by atoms with E-state index in [9.17, 15) is 4.79 Å². The minimum Gasteiger partial charge on any atom is -0.431 e. The Morgan fingerprint density at radius 1 is 1.48 bits per heavy atom. The molecule has 1 aliphatic rings. The van der Waals surface area contributed by atoms with E-state index in [-0.39, 0.29) is 11.8 Å². The molecule has 1 aromatic heterocycles. The van der Waals surface area contributed by atoms with Gasteiger partial charge in [0.15, 0.2) is 5.58 Å². The van der Waals surface area contributed by atoms with E-state index < -0.39 is 5.54 Å². The van der Waals surface area contributed by atoms with Crippen molar-refractivity contribution in [3.63, 3.8) is 0 Å². The summed E-state index contributed by atoms with van der Waals surface area (Å²) >= 11 is 1.56. The molecular weight excluding hydrogens is 286 g/mol. The second-order valence-electron chi connectivity index (χ2n) is 5.58. The largest absolute Gasteiger partial charge is 0.431 e. The second-order valence-corrected chi connectivity index (χ2v) is 6.62. The molecule has 21 heavy (non-hydrogen) atoms. The van der Waals surface area contributed by atoms with Crippen molar-refractivity contribution in [3.8, 4) is 0 Å². The number of nitrogens with zero attached hydrogens (tertiary/aromatic N) is 1. The second kappa shape index (κ2) is 5.69. The van der Waals surface area contributed by atoms with Crippen molar-refractivity contribution in [3.05, 3.63) is 24.3 Å². The number of hydrogen-bond donors (Lipinski definition) is 2. The molecule has 0 radical (unpaired) electrons. The molecule has 2 atom stereocenters. The lowest BCUT2D eigenvalue weighted by Crippen LogP contribution is -2.54.